The highest BCUT2D eigenvalue weighted by Crippen LogP contribution is 2.25. The Hall–Kier alpha value is -1.22. The van der Waals surface area contributed by atoms with Crippen LogP contribution in [0.25, 0.3) is 0 Å². The van der Waals surface area contributed by atoms with E-state index in [4.69, 9.17) is 0 Å². The molecule has 0 saturated carbocycles. The molecule has 3 N–H and O–H groups in total. The van der Waals surface area contributed by atoms with E-state index in [0.29, 0.717) is 6.04 Å². The number of aromatic hydroxyl groups is 2. The smallest absolute Gasteiger partial charge is 0.119 e. The lowest BCUT2D eigenvalue weighted by Crippen LogP contribution is -2.30. The van der Waals surface area contributed by atoms with Gasteiger partial charge in [-0.15, -0.1) is 0 Å². The molecule has 1 aromatic rings. The van der Waals surface area contributed by atoms with Crippen molar-refractivity contribution in [3.63, 3.8) is 0 Å². The third kappa shape index (κ3) is 3.42. The van der Waals surface area contributed by atoms with Crippen molar-refractivity contribution in [2.24, 2.45) is 0 Å². The maximum absolute atomic E-state index is 9.40. The normalized spacial score (nSPS) is 13.0. The van der Waals surface area contributed by atoms with Gasteiger partial charge in [-0.2, -0.15) is 0 Å². The summed E-state index contributed by atoms with van der Waals surface area (Å²) in [5.41, 5.74) is 0.907. The second-order valence-electron chi connectivity index (χ2n) is 4.18. The topological polar surface area (TPSA) is 52.5 Å². The molecule has 0 amide bonds. The van der Waals surface area contributed by atoms with Crippen LogP contribution in [0.4, 0.5) is 0 Å². The molecule has 3 nitrogen and oxygen atoms in total. The Balaban J connectivity index is 2.75. The molecule has 0 bridgehead atoms. The summed E-state index contributed by atoms with van der Waals surface area (Å²) in [7, 11) is 0. The Bertz CT molecular complexity index is 314. The quantitative estimate of drug-likeness (QED) is 0.719. The van der Waals surface area contributed by atoms with E-state index in [-0.39, 0.29) is 17.5 Å². The van der Waals surface area contributed by atoms with Crippen molar-refractivity contribution in [1.29, 1.82) is 0 Å². The van der Waals surface area contributed by atoms with Crippen molar-refractivity contribution >= 4 is 0 Å². The lowest BCUT2D eigenvalue weighted by molar-refractivity contribution is 0.422. The lowest BCUT2D eigenvalue weighted by Gasteiger charge is -2.21. The van der Waals surface area contributed by atoms with Crippen LogP contribution in [0, 0.1) is 0 Å². The van der Waals surface area contributed by atoms with Gasteiger partial charge in [-0.1, -0.05) is 13.8 Å². The predicted molar refractivity (Wildman–Crippen MR) is 65.7 cm³/mol. The Morgan fingerprint density at radius 2 is 1.56 bits per heavy atom. The van der Waals surface area contributed by atoms with E-state index in [1.54, 1.807) is 12.1 Å². The van der Waals surface area contributed by atoms with E-state index in [2.05, 4.69) is 19.2 Å². The fourth-order valence-electron chi connectivity index (χ4n) is 1.84. The molecule has 0 spiro atoms. The Morgan fingerprint density at radius 1 is 1.06 bits per heavy atom. The van der Waals surface area contributed by atoms with Crippen LogP contribution >= 0.6 is 0 Å². The molecule has 1 unspecified atom stereocenters. The van der Waals surface area contributed by atoms with Crippen LogP contribution in [0.5, 0.6) is 11.5 Å². The highest BCUT2D eigenvalue weighted by molar-refractivity contribution is 5.37. The molecule has 0 aliphatic rings. The standard InChI is InChI=1S/C13H21NO2/c1-4-11(5-2)14-9(3)10-6-12(15)8-13(16)7-10/h6-9,11,14-16H,4-5H2,1-3H3. The van der Waals surface area contributed by atoms with Gasteiger partial charge in [-0.3, -0.25) is 0 Å². The average molecular weight is 223 g/mol. The average Bonchev–Trinajstić information content (AvgIpc) is 2.24. The molecule has 90 valence electrons. The van der Waals surface area contributed by atoms with Gasteiger partial charge in [0.25, 0.3) is 0 Å². The number of phenolic OH excluding ortho intramolecular Hbond substituents is 2. The van der Waals surface area contributed by atoms with Crippen LogP contribution in [-0.4, -0.2) is 16.3 Å². The Labute approximate surface area is 97.1 Å². The van der Waals surface area contributed by atoms with Crippen LogP contribution in [0.15, 0.2) is 18.2 Å². The molecule has 0 radical (unpaired) electrons. The maximum Gasteiger partial charge on any atom is 0.119 e. The van der Waals surface area contributed by atoms with Gasteiger partial charge >= 0.3 is 0 Å². The van der Waals surface area contributed by atoms with Gasteiger partial charge in [-0.25, -0.2) is 0 Å². The highest BCUT2D eigenvalue weighted by Gasteiger charge is 2.11. The molecule has 0 heterocycles. The summed E-state index contributed by atoms with van der Waals surface area (Å²) in [6.45, 7) is 6.33. The molecule has 0 aromatic heterocycles. The SMILES string of the molecule is CCC(CC)NC(C)c1cc(O)cc(O)c1. The molecule has 16 heavy (non-hydrogen) atoms. The fraction of sp³-hybridized carbons (Fsp3) is 0.538. The number of hydrogen-bond acceptors (Lipinski definition) is 3. The van der Waals surface area contributed by atoms with E-state index >= 15 is 0 Å². The molecule has 1 aromatic carbocycles. The van der Waals surface area contributed by atoms with Gasteiger partial charge in [0.05, 0.1) is 0 Å². The molecular formula is C13H21NO2. The van der Waals surface area contributed by atoms with Gasteiger partial charge in [0.15, 0.2) is 0 Å². The maximum atomic E-state index is 9.40. The summed E-state index contributed by atoms with van der Waals surface area (Å²) < 4.78 is 0. The van der Waals surface area contributed by atoms with Crippen LogP contribution in [0.1, 0.15) is 45.2 Å². The van der Waals surface area contributed by atoms with E-state index in [0.717, 1.165) is 18.4 Å². The summed E-state index contributed by atoms with van der Waals surface area (Å²) in [5, 5.41) is 22.3. The summed E-state index contributed by atoms with van der Waals surface area (Å²) in [6, 6.07) is 5.30. The van der Waals surface area contributed by atoms with Gasteiger partial charge in [0.2, 0.25) is 0 Å². The third-order valence-electron chi connectivity index (χ3n) is 2.90. The van der Waals surface area contributed by atoms with E-state index in [9.17, 15) is 10.2 Å². The number of nitrogens with one attached hydrogen (secondary N) is 1. The van der Waals surface area contributed by atoms with E-state index in [1.807, 2.05) is 6.92 Å². The zero-order valence-corrected chi connectivity index (χ0v) is 10.2. The molecule has 0 aliphatic heterocycles. The molecular weight excluding hydrogens is 202 g/mol. The summed E-state index contributed by atoms with van der Waals surface area (Å²) in [6.07, 6.45) is 2.15. The van der Waals surface area contributed by atoms with Crippen LogP contribution in [0.2, 0.25) is 0 Å². The summed E-state index contributed by atoms with van der Waals surface area (Å²) in [4.78, 5) is 0. The minimum atomic E-state index is 0.105. The van der Waals surface area contributed by atoms with Gasteiger partial charge in [-0.05, 0) is 37.5 Å². The Morgan fingerprint density at radius 3 is 2.00 bits per heavy atom. The number of rotatable bonds is 5. The van der Waals surface area contributed by atoms with Gasteiger partial charge < -0.3 is 15.5 Å². The fourth-order valence-corrected chi connectivity index (χ4v) is 1.84. The highest BCUT2D eigenvalue weighted by atomic mass is 16.3. The monoisotopic (exact) mass is 223 g/mol. The first kappa shape index (κ1) is 12.8. The van der Waals surface area contributed by atoms with Gasteiger partial charge in [0.1, 0.15) is 11.5 Å². The van der Waals surface area contributed by atoms with Gasteiger partial charge in [0, 0.05) is 18.2 Å². The first-order valence-electron chi connectivity index (χ1n) is 5.85. The van der Waals surface area contributed by atoms with Crippen LogP contribution < -0.4 is 5.32 Å². The van der Waals surface area contributed by atoms with Crippen molar-refractivity contribution in [2.45, 2.75) is 45.7 Å². The van der Waals surface area contributed by atoms with Crippen LogP contribution in [0.3, 0.4) is 0 Å². The third-order valence-corrected chi connectivity index (χ3v) is 2.90. The zero-order valence-electron chi connectivity index (χ0n) is 10.2. The number of benzene rings is 1. The largest absolute Gasteiger partial charge is 0.508 e. The molecule has 0 fully saturated rings. The zero-order chi connectivity index (χ0) is 12.1. The lowest BCUT2D eigenvalue weighted by atomic mass is 10.0. The number of phenols is 2. The Kier molecular flexibility index (Phi) is 4.62. The minimum absolute atomic E-state index is 0.105. The van der Waals surface area contributed by atoms with Crippen LogP contribution in [-0.2, 0) is 0 Å². The first-order chi connectivity index (χ1) is 7.56. The number of hydrogen-bond donors (Lipinski definition) is 3. The van der Waals surface area contributed by atoms with Crippen molar-refractivity contribution in [3.05, 3.63) is 23.8 Å². The first-order valence-corrected chi connectivity index (χ1v) is 5.85. The van der Waals surface area contributed by atoms with E-state index < -0.39 is 0 Å². The van der Waals surface area contributed by atoms with Crippen molar-refractivity contribution in [3.8, 4) is 11.5 Å². The summed E-state index contributed by atoms with van der Waals surface area (Å²) in [5.74, 6) is 0.210. The van der Waals surface area contributed by atoms with E-state index in [1.165, 1.54) is 6.07 Å². The summed E-state index contributed by atoms with van der Waals surface area (Å²) >= 11 is 0. The van der Waals surface area contributed by atoms with Crippen molar-refractivity contribution < 1.29 is 10.2 Å². The molecule has 0 aliphatic carbocycles. The second-order valence-corrected chi connectivity index (χ2v) is 4.18. The molecule has 3 heteroatoms. The van der Waals surface area contributed by atoms with Crippen molar-refractivity contribution in [1.82, 2.24) is 5.32 Å². The molecule has 1 rings (SSSR count). The minimum Gasteiger partial charge on any atom is -0.508 e. The van der Waals surface area contributed by atoms with Crippen molar-refractivity contribution in [2.75, 3.05) is 0 Å². The second kappa shape index (κ2) is 5.75. The molecule has 1 atom stereocenters. The molecule has 0 saturated heterocycles. The predicted octanol–water partition coefficient (Wildman–Crippen LogP) is 2.94.